The minimum Gasteiger partial charge on any atom is -0.478 e. The van der Waals surface area contributed by atoms with E-state index >= 15 is 0 Å². The summed E-state index contributed by atoms with van der Waals surface area (Å²) < 4.78 is 19.4. The van der Waals surface area contributed by atoms with E-state index < -0.39 is 5.97 Å². The van der Waals surface area contributed by atoms with Gasteiger partial charge in [0.2, 0.25) is 5.89 Å². The molecule has 4 rings (SSSR count). The lowest BCUT2D eigenvalue weighted by Crippen LogP contribution is -2.33. The maximum atomic E-state index is 13.4. The Morgan fingerprint density at radius 2 is 2.00 bits per heavy atom. The molecule has 6 heteroatoms. The Bertz CT molecular complexity index is 1000. The maximum Gasteiger partial charge on any atom is 0.335 e. The molecule has 1 N–H and O–H groups in total. The molecule has 0 spiro atoms. The third-order valence-corrected chi connectivity index (χ3v) is 5.30. The van der Waals surface area contributed by atoms with Gasteiger partial charge >= 0.3 is 5.97 Å². The topological polar surface area (TPSA) is 66.6 Å². The average molecular weight is 394 g/mol. The van der Waals surface area contributed by atoms with Crippen LogP contribution in [0.2, 0.25) is 0 Å². The first-order valence-electron chi connectivity index (χ1n) is 9.84. The highest BCUT2D eigenvalue weighted by molar-refractivity contribution is 5.87. The molecule has 1 aliphatic heterocycles. The molecule has 2 heterocycles. The Balaban J connectivity index is 1.50. The van der Waals surface area contributed by atoms with Crippen molar-refractivity contribution < 1.29 is 18.7 Å². The zero-order valence-electron chi connectivity index (χ0n) is 16.1. The third kappa shape index (κ3) is 4.71. The van der Waals surface area contributed by atoms with Crippen LogP contribution >= 0.6 is 0 Å². The van der Waals surface area contributed by atoms with Gasteiger partial charge in [-0.2, -0.15) is 0 Å². The van der Waals surface area contributed by atoms with Crippen LogP contribution in [-0.4, -0.2) is 27.5 Å². The van der Waals surface area contributed by atoms with Crippen LogP contribution in [0, 0.1) is 5.82 Å². The van der Waals surface area contributed by atoms with Gasteiger partial charge < -0.3 is 9.52 Å². The summed E-state index contributed by atoms with van der Waals surface area (Å²) >= 11 is 0. The van der Waals surface area contributed by atoms with Gasteiger partial charge in [0.15, 0.2) is 0 Å². The summed E-state index contributed by atoms with van der Waals surface area (Å²) in [6.45, 7) is 1.55. The number of nitrogens with zero attached hydrogens (tertiary/aromatic N) is 2. The van der Waals surface area contributed by atoms with Gasteiger partial charge in [0, 0.05) is 13.0 Å². The molecule has 1 fully saturated rings. The number of likely N-dealkylation sites (tertiary alicyclic amines) is 1. The van der Waals surface area contributed by atoms with E-state index in [0.29, 0.717) is 30.2 Å². The summed E-state index contributed by atoms with van der Waals surface area (Å²) in [7, 11) is 0. The standard InChI is InChI=1S/C23H23FN2O3/c24-19-8-4-5-16(12-19)13-20-14-25-22(29-20)21-9-1-2-10-26(21)15-17-6-3-7-18(11-17)23(27)28/h3-8,11-12,14,21H,1-2,9-10,13,15H2,(H,27,28). The van der Waals surface area contributed by atoms with Crippen LogP contribution in [0.5, 0.6) is 0 Å². The normalized spacial score (nSPS) is 17.3. The van der Waals surface area contributed by atoms with Crippen LogP contribution in [0.15, 0.2) is 59.1 Å². The number of carboxylic acid groups (broad SMARTS) is 1. The highest BCUT2D eigenvalue weighted by Crippen LogP contribution is 2.32. The van der Waals surface area contributed by atoms with E-state index in [-0.39, 0.29) is 11.9 Å². The zero-order chi connectivity index (χ0) is 20.2. The van der Waals surface area contributed by atoms with Crippen molar-refractivity contribution in [3.63, 3.8) is 0 Å². The quantitative estimate of drug-likeness (QED) is 0.649. The van der Waals surface area contributed by atoms with Gasteiger partial charge in [-0.05, 0) is 54.8 Å². The van der Waals surface area contributed by atoms with Crippen LogP contribution in [-0.2, 0) is 13.0 Å². The van der Waals surface area contributed by atoms with Gasteiger partial charge in [-0.25, -0.2) is 14.2 Å². The largest absolute Gasteiger partial charge is 0.478 e. The summed E-state index contributed by atoms with van der Waals surface area (Å²) in [5.74, 6) is 0.204. The van der Waals surface area contributed by atoms with Crippen LogP contribution in [0.1, 0.15) is 58.4 Å². The number of piperidine rings is 1. The molecule has 0 radical (unpaired) electrons. The number of hydrogen-bond acceptors (Lipinski definition) is 4. The second-order valence-electron chi connectivity index (χ2n) is 7.46. The van der Waals surface area contributed by atoms with Crippen LogP contribution in [0.3, 0.4) is 0 Å². The molecule has 1 saturated heterocycles. The van der Waals surface area contributed by atoms with Crippen molar-refractivity contribution in [2.24, 2.45) is 0 Å². The number of carboxylic acids is 1. The fourth-order valence-corrected chi connectivity index (χ4v) is 3.90. The van der Waals surface area contributed by atoms with Crippen molar-refractivity contribution in [2.45, 2.75) is 38.3 Å². The van der Waals surface area contributed by atoms with Gasteiger partial charge in [-0.15, -0.1) is 0 Å². The van der Waals surface area contributed by atoms with Gasteiger partial charge in [-0.1, -0.05) is 30.7 Å². The van der Waals surface area contributed by atoms with E-state index in [9.17, 15) is 14.3 Å². The van der Waals surface area contributed by atoms with E-state index in [2.05, 4.69) is 9.88 Å². The number of carbonyl (C=O) groups is 1. The van der Waals surface area contributed by atoms with Crippen LogP contribution in [0.25, 0.3) is 0 Å². The molecule has 1 atom stereocenters. The molecule has 1 aliphatic rings. The third-order valence-electron chi connectivity index (χ3n) is 5.30. The molecule has 1 aromatic heterocycles. The fourth-order valence-electron chi connectivity index (χ4n) is 3.90. The molecule has 2 aromatic carbocycles. The van der Waals surface area contributed by atoms with Crippen molar-refractivity contribution >= 4 is 5.97 Å². The molecule has 0 aliphatic carbocycles. The van der Waals surface area contributed by atoms with Gasteiger partial charge in [-0.3, -0.25) is 4.90 Å². The first-order chi connectivity index (χ1) is 14.1. The summed E-state index contributed by atoms with van der Waals surface area (Å²) in [5, 5.41) is 9.22. The molecule has 3 aromatic rings. The second kappa shape index (κ2) is 8.57. The second-order valence-corrected chi connectivity index (χ2v) is 7.46. The maximum absolute atomic E-state index is 13.4. The average Bonchev–Trinajstić information content (AvgIpc) is 3.17. The SMILES string of the molecule is O=C(O)c1cccc(CN2CCCCC2c2ncc(Cc3cccc(F)c3)o2)c1. The molecule has 1 unspecified atom stereocenters. The molecular weight excluding hydrogens is 371 g/mol. The molecule has 0 saturated carbocycles. The van der Waals surface area contributed by atoms with E-state index in [4.69, 9.17) is 4.42 Å². The minimum absolute atomic E-state index is 0.0542. The first kappa shape index (κ1) is 19.3. The van der Waals surface area contributed by atoms with Crippen LogP contribution in [0.4, 0.5) is 4.39 Å². The summed E-state index contributed by atoms with van der Waals surface area (Å²) in [6, 6.07) is 13.6. The lowest BCUT2D eigenvalue weighted by Gasteiger charge is -2.33. The van der Waals surface area contributed by atoms with Crippen molar-refractivity contribution in [1.82, 2.24) is 9.88 Å². The molecule has 5 nitrogen and oxygen atoms in total. The number of benzene rings is 2. The number of halogens is 1. The van der Waals surface area contributed by atoms with Gasteiger partial charge in [0.25, 0.3) is 0 Å². The summed E-state index contributed by atoms with van der Waals surface area (Å²) in [6.07, 6.45) is 5.35. The van der Waals surface area contributed by atoms with Gasteiger partial charge in [0.1, 0.15) is 11.6 Å². The predicted molar refractivity (Wildman–Crippen MR) is 106 cm³/mol. The molecular formula is C23H23FN2O3. The van der Waals surface area contributed by atoms with Crippen molar-refractivity contribution in [2.75, 3.05) is 6.54 Å². The Hall–Kier alpha value is -2.99. The molecule has 0 amide bonds. The number of aromatic carboxylic acids is 1. The smallest absolute Gasteiger partial charge is 0.335 e. The highest BCUT2D eigenvalue weighted by atomic mass is 19.1. The molecule has 29 heavy (non-hydrogen) atoms. The van der Waals surface area contributed by atoms with E-state index in [1.54, 1.807) is 30.5 Å². The number of oxazole rings is 1. The Kier molecular flexibility index (Phi) is 5.71. The van der Waals surface area contributed by atoms with Crippen molar-refractivity contribution in [1.29, 1.82) is 0 Å². The fraction of sp³-hybridized carbons (Fsp3) is 0.304. The molecule has 0 bridgehead atoms. The Labute approximate surface area is 168 Å². The Morgan fingerprint density at radius 3 is 2.83 bits per heavy atom. The number of aromatic nitrogens is 1. The zero-order valence-corrected chi connectivity index (χ0v) is 16.1. The van der Waals surface area contributed by atoms with Crippen LogP contribution < -0.4 is 0 Å². The lowest BCUT2D eigenvalue weighted by atomic mass is 10.0. The minimum atomic E-state index is -0.920. The van der Waals surface area contributed by atoms with Gasteiger partial charge in [0.05, 0.1) is 17.8 Å². The van der Waals surface area contributed by atoms with Crippen molar-refractivity contribution in [3.8, 4) is 0 Å². The number of hydrogen-bond donors (Lipinski definition) is 1. The van der Waals surface area contributed by atoms with E-state index in [1.807, 2.05) is 12.1 Å². The number of rotatable bonds is 6. The lowest BCUT2D eigenvalue weighted by molar-refractivity contribution is 0.0696. The van der Waals surface area contributed by atoms with E-state index in [1.165, 1.54) is 12.1 Å². The van der Waals surface area contributed by atoms with Crippen molar-refractivity contribution in [3.05, 3.63) is 88.9 Å². The molecule has 150 valence electrons. The summed E-state index contributed by atoms with van der Waals surface area (Å²) in [4.78, 5) is 18.0. The summed E-state index contributed by atoms with van der Waals surface area (Å²) in [5.41, 5.74) is 2.10. The van der Waals surface area contributed by atoms with E-state index in [0.717, 1.165) is 36.9 Å². The first-order valence-corrected chi connectivity index (χ1v) is 9.84. The predicted octanol–water partition coefficient (Wildman–Crippen LogP) is 4.83. The highest BCUT2D eigenvalue weighted by Gasteiger charge is 2.28. The monoisotopic (exact) mass is 394 g/mol. The Morgan fingerprint density at radius 1 is 1.17 bits per heavy atom.